The van der Waals surface area contributed by atoms with Crippen molar-refractivity contribution in [3.8, 4) is 5.75 Å². The van der Waals surface area contributed by atoms with E-state index in [4.69, 9.17) is 4.74 Å². The monoisotopic (exact) mass is 218 g/mol. The predicted molar refractivity (Wildman–Crippen MR) is 65.9 cm³/mol. The summed E-state index contributed by atoms with van der Waals surface area (Å²) < 4.78 is 5.06. The topological polar surface area (TPSA) is 26.3 Å². The Bertz CT molecular complexity index is 352. The normalized spacial score (nSPS) is 11.9. The molecule has 0 aliphatic rings. The van der Waals surface area contributed by atoms with Gasteiger partial charge in [0.15, 0.2) is 5.78 Å². The van der Waals surface area contributed by atoms with Crippen LogP contribution in [-0.4, -0.2) is 12.9 Å². The second kappa shape index (κ2) is 6.11. The number of hydrogen-bond donors (Lipinski definition) is 0. The van der Waals surface area contributed by atoms with E-state index >= 15 is 0 Å². The molecule has 0 radical (unpaired) electrons. The lowest BCUT2D eigenvalue weighted by Gasteiger charge is -2.11. The van der Waals surface area contributed by atoms with E-state index in [-0.39, 0.29) is 11.7 Å². The highest BCUT2D eigenvalue weighted by molar-refractivity contribution is 5.98. The van der Waals surface area contributed by atoms with Gasteiger partial charge in [0.2, 0.25) is 0 Å². The van der Waals surface area contributed by atoms with Crippen molar-refractivity contribution in [2.45, 2.75) is 19.8 Å². The highest BCUT2D eigenvalue weighted by Gasteiger charge is 2.16. The standard InChI is InChI=1S/C14H18O2/c1-4-6-11(5-2)14(15)12-7-9-13(16-3)10-8-12/h4,7-11H,1,5-6H2,2-3H3. The van der Waals surface area contributed by atoms with Crippen molar-refractivity contribution in [2.24, 2.45) is 5.92 Å². The molecule has 0 aromatic heterocycles. The lowest BCUT2D eigenvalue weighted by atomic mass is 9.92. The number of allylic oxidation sites excluding steroid dienone is 1. The van der Waals surface area contributed by atoms with E-state index in [1.165, 1.54) is 0 Å². The van der Waals surface area contributed by atoms with Gasteiger partial charge in [-0.15, -0.1) is 6.58 Å². The molecular formula is C14H18O2. The Balaban J connectivity index is 2.81. The number of carbonyl (C=O) groups excluding carboxylic acids is 1. The van der Waals surface area contributed by atoms with E-state index < -0.39 is 0 Å². The van der Waals surface area contributed by atoms with Crippen LogP contribution in [0.4, 0.5) is 0 Å². The first kappa shape index (κ1) is 12.5. The molecule has 0 aliphatic carbocycles. The zero-order valence-electron chi connectivity index (χ0n) is 9.90. The van der Waals surface area contributed by atoms with E-state index in [2.05, 4.69) is 6.58 Å². The van der Waals surface area contributed by atoms with Crippen LogP contribution in [0.15, 0.2) is 36.9 Å². The van der Waals surface area contributed by atoms with Crippen LogP contribution in [0.5, 0.6) is 5.75 Å². The van der Waals surface area contributed by atoms with E-state index in [0.29, 0.717) is 0 Å². The van der Waals surface area contributed by atoms with Crippen LogP contribution >= 0.6 is 0 Å². The smallest absolute Gasteiger partial charge is 0.166 e. The van der Waals surface area contributed by atoms with Crippen molar-refractivity contribution < 1.29 is 9.53 Å². The Labute approximate surface area is 96.9 Å². The largest absolute Gasteiger partial charge is 0.497 e. The summed E-state index contributed by atoms with van der Waals surface area (Å²) in [5.74, 6) is 1.00. The molecule has 0 saturated carbocycles. The van der Waals surface area contributed by atoms with Gasteiger partial charge < -0.3 is 4.74 Å². The molecule has 1 atom stereocenters. The molecule has 0 amide bonds. The summed E-state index contributed by atoms with van der Waals surface area (Å²) in [6.07, 6.45) is 3.38. The maximum absolute atomic E-state index is 12.1. The van der Waals surface area contributed by atoms with Crippen LogP contribution in [-0.2, 0) is 0 Å². The molecule has 1 unspecified atom stereocenters. The van der Waals surface area contributed by atoms with Gasteiger partial charge in [0.1, 0.15) is 5.75 Å². The Hall–Kier alpha value is -1.57. The number of carbonyl (C=O) groups is 1. The highest BCUT2D eigenvalue weighted by atomic mass is 16.5. The number of hydrogen-bond acceptors (Lipinski definition) is 2. The quantitative estimate of drug-likeness (QED) is 0.539. The molecule has 0 bridgehead atoms. The van der Waals surface area contributed by atoms with E-state index in [9.17, 15) is 4.79 Å². The van der Waals surface area contributed by atoms with Crippen molar-refractivity contribution in [1.82, 2.24) is 0 Å². The third kappa shape index (κ3) is 2.96. The molecule has 0 aliphatic heterocycles. The predicted octanol–water partition coefficient (Wildman–Crippen LogP) is 3.48. The summed E-state index contributed by atoms with van der Waals surface area (Å²) in [5, 5.41) is 0. The van der Waals surface area contributed by atoms with Crippen molar-refractivity contribution in [2.75, 3.05) is 7.11 Å². The Morgan fingerprint density at radius 3 is 2.50 bits per heavy atom. The zero-order chi connectivity index (χ0) is 12.0. The van der Waals surface area contributed by atoms with Crippen molar-refractivity contribution >= 4 is 5.78 Å². The van der Waals surface area contributed by atoms with E-state index in [0.717, 1.165) is 24.2 Å². The summed E-state index contributed by atoms with van der Waals surface area (Å²) in [6.45, 7) is 5.70. The average molecular weight is 218 g/mol. The molecule has 1 rings (SSSR count). The lowest BCUT2D eigenvalue weighted by Crippen LogP contribution is -2.13. The zero-order valence-corrected chi connectivity index (χ0v) is 9.90. The van der Waals surface area contributed by atoms with Gasteiger partial charge in [0, 0.05) is 11.5 Å². The number of Topliss-reactive ketones (excluding diaryl/α,β-unsaturated/α-hetero) is 1. The maximum Gasteiger partial charge on any atom is 0.166 e. The van der Waals surface area contributed by atoms with Crippen LogP contribution < -0.4 is 4.74 Å². The molecule has 0 heterocycles. The first-order chi connectivity index (χ1) is 7.72. The molecule has 2 heteroatoms. The van der Waals surface area contributed by atoms with Gasteiger partial charge in [0.05, 0.1) is 7.11 Å². The van der Waals surface area contributed by atoms with Crippen LogP contribution in [0.25, 0.3) is 0 Å². The average Bonchev–Trinajstić information content (AvgIpc) is 2.35. The highest BCUT2D eigenvalue weighted by Crippen LogP contribution is 2.18. The van der Waals surface area contributed by atoms with Gasteiger partial charge in [-0.1, -0.05) is 13.0 Å². The van der Waals surface area contributed by atoms with Crippen LogP contribution in [0, 0.1) is 5.92 Å². The number of methoxy groups -OCH3 is 1. The number of ketones is 1. The fraction of sp³-hybridized carbons (Fsp3) is 0.357. The number of benzene rings is 1. The summed E-state index contributed by atoms with van der Waals surface area (Å²) >= 11 is 0. The van der Waals surface area contributed by atoms with Gasteiger partial charge >= 0.3 is 0 Å². The van der Waals surface area contributed by atoms with Gasteiger partial charge in [0.25, 0.3) is 0 Å². The van der Waals surface area contributed by atoms with Gasteiger partial charge in [-0.2, -0.15) is 0 Å². The van der Waals surface area contributed by atoms with Crippen molar-refractivity contribution in [3.05, 3.63) is 42.5 Å². The summed E-state index contributed by atoms with van der Waals surface area (Å²) in [6, 6.07) is 7.25. The van der Waals surface area contributed by atoms with E-state index in [1.807, 2.05) is 31.2 Å². The summed E-state index contributed by atoms with van der Waals surface area (Å²) in [4.78, 5) is 12.1. The molecule has 0 N–H and O–H groups in total. The molecule has 16 heavy (non-hydrogen) atoms. The van der Waals surface area contributed by atoms with Gasteiger partial charge in [-0.3, -0.25) is 4.79 Å². The van der Waals surface area contributed by atoms with Crippen molar-refractivity contribution in [1.29, 1.82) is 0 Å². The van der Waals surface area contributed by atoms with Crippen LogP contribution in [0.3, 0.4) is 0 Å². The SMILES string of the molecule is C=CCC(CC)C(=O)c1ccc(OC)cc1. The summed E-state index contributed by atoms with van der Waals surface area (Å²) in [7, 11) is 1.61. The third-order valence-corrected chi connectivity index (χ3v) is 2.69. The lowest BCUT2D eigenvalue weighted by molar-refractivity contribution is 0.0917. The van der Waals surface area contributed by atoms with Gasteiger partial charge in [-0.05, 0) is 37.1 Å². The molecular weight excluding hydrogens is 200 g/mol. The Kier molecular flexibility index (Phi) is 4.77. The third-order valence-electron chi connectivity index (χ3n) is 2.69. The number of rotatable bonds is 6. The first-order valence-corrected chi connectivity index (χ1v) is 5.52. The van der Waals surface area contributed by atoms with E-state index in [1.54, 1.807) is 13.2 Å². The fourth-order valence-corrected chi connectivity index (χ4v) is 1.65. The maximum atomic E-state index is 12.1. The molecule has 1 aromatic carbocycles. The second-order valence-corrected chi connectivity index (χ2v) is 3.72. The minimum atomic E-state index is 0.0471. The molecule has 2 nitrogen and oxygen atoms in total. The van der Waals surface area contributed by atoms with Crippen LogP contribution in [0.1, 0.15) is 30.1 Å². The minimum Gasteiger partial charge on any atom is -0.497 e. The van der Waals surface area contributed by atoms with Gasteiger partial charge in [-0.25, -0.2) is 0 Å². The molecule has 0 spiro atoms. The summed E-state index contributed by atoms with van der Waals surface area (Å²) in [5.41, 5.74) is 0.745. The minimum absolute atomic E-state index is 0.0471. The first-order valence-electron chi connectivity index (χ1n) is 5.52. The fourth-order valence-electron chi connectivity index (χ4n) is 1.65. The van der Waals surface area contributed by atoms with Crippen LogP contribution in [0.2, 0.25) is 0 Å². The Morgan fingerprint density at radius 1 is 1.44 bits per heavy atom. The Morgan fingerprint density at radius 2 is 2.06 bits per heavy atom. The second-order valence-electron chi connectivity index (χ2n) is 3.72. The molecule has 0 fully saturated rings. The molecule has 0 saturated heterocycles. The molecule has 86 valence electrons. The number of ether oxygens (including phenoxy) is 1. The molecule has 1 aromatic rings. The van der Waals surface area contributed by atoms with Crippen molar-refractivity contribution in [3.63, 3.8) is 0 Å².